The van der Waals surface area contributed by atoms with Crippen molar-refractivity contribution in [3.05, 3.63) is 188 Å². The van der Waals surface area contributed by atoms with Gasteiger partial charge in [-0.3, -0.25) is 19.7 Å². The summed E-state index contributed by atoms with van der Waals surface area (Å²) in [6.45, 7) is 2.75. The van der Waals surface area contributed by atoms with Crippen molar-refractivity contribution >= 4 is 53.5 Å². The number of aryl methyl sites for hydroxylation is 1. The summed E-state index contributed by atoms with van der Waals surface area (Å²) < 4.78 is 36.1. The summed E-state index contributed by atoms with van der Waals surface area (Å²) in [5, 5.41) is 13.2. The highest BCUT2D eigenvalue weighted by molar-refractivity contribution is 9.10. The third kappa shape index (κ3) is 9.01. The van der Waals surface area contributed by atoms with Crippen LogP contribution in [0.5, 0.6) is 5.75 Å². The molecule has 1 atom stereocenters. The number of aromatic nitrogens is 2. The summed E-state index contributed by atoms with van der Waals surface area (Å²) in [5.74, 6) is -0.120. The van der Waals surface area contributed by atoms with Crippen molar-refractivity contribution < 1.29 is 27.7 Å². The second kappa shape index (κ2) is 16.7. The molecule has 0 aliphatic rings. The summed E-state index contributed by atoms with van der Waals surface area (Å²) in [7, 11) is -4.70. The maximum absolute atomic E-state index is 14.1. The van der Waals surface area contributed by atoms with E-state index in [2.05, 4.69) is 50.5 Å². The minimum Gasteiger partial charge on any atom is -0.489 e. The summed E-state index contributed by atoms with van der Waals surface area (Å²) in [4.78, 5) is 42.8. The van der Waals surface area contributed by atoms with Gasteiger partial charge in [0.1, 0.15) is 24.0 Å². The predicted molar refractivity (Wildman–Crippen MR) is 221 cm³/mol. The van der Waals surface area contributed by atoms with Crippen molar-refractivity contribution in [1.82, 2.24) is 14.9 Å². The van der Waals surface area contributed by atoms with Crippen LogP contribution in [0.2, 0.25) is 0 Å². The standard InChI is InChI=1S/C44H35BrN4O7S/c1-29-4-12-33(13-5-29)34-14-6-31(7-15-34)26-48-27-40(39-3-2-24-46-42(39)48)43(50)47-41(44(51)57(54,55)38-22-18-36(19-23-38)49(52)53)25-30-10-20-37(21-11-30)56-28-32-8-16-35(45)17-9-32/h2-24,27,41H,25-26,28H2,1H3,(H,47,50)/t41-/m0/s1. The summed E-state index contributed by atoms with van der Waals surface area (Å²) in [6, 6.07) is 36.8. The molecule has 2 aromatic heterocycles. The van der Waals surface area contributed by atoms with Crippen LogP contribution in [0.15, 0.2) is 155 Å². The highest BCUT2D eigenvalue weighted by Crippen LogP contribution is 2.26. The number of ether oxygens (including phenoxy) is 1. The van der Waals surface area contributed by atoms with E-state index in [9.17, 15) is 28.1 Å². The van der Waals surface area contributed by atoms with Gasteiger partial charge in [0.05, 0.1) is 15.4 Å². The number of benzene rings is 5. The van der Waals surface area contributed by atoms with E-state index < -0.39 is 36.7 Å². The van der Waals surface area contributed by atoms with E-state index in [1.807, 2.05) is 60.0 Å². The van der Waals surface area contributed by atoms with Crippen LogP contribution in [0.25, 0.3) is 22.2 Å². The zero-order valence-electron chi connectivity index (χ0n) is 30.5. The first-order valence-corrected chi connectivity index (χ1v) is 20.1. The molecule has 7 aromatic rings. The van der Waals surface area contributed by atoms with Crippen molar-refractivity contribution in [3.8, 4) is 16.9 Å². The van der Waals surface area contributed by atoms with Gasteiger partial charge in [-0.2, -0.15) is 0 Å². The maximum atomic E-state index is 14.1. The first-order chi connectivity index (χ1) is 27.4. The first kappa shape index (κ1) is 38.8. The molecule has 286 valence electrons. The van der Waals surface area contributed by atoms with Crippen LogP contribution in [0.4, 0.5) is 5.69 Å². The van der Waals surface area contributed by atoms with Crippen molar-refractivity contribution in [2.75, 3.05) is 0 Å². The number of nitro groups is 1. The Kier molecular flexibility index (Phi) is 11.4. The molecule has 0 aliphatic carbocycles. The van der Waals surface area contributed by atoms with Crippen LogP contribution in [0, 0.1) is 17.0 Å². The van der Waals surface area contributed by atoms with Gasteiger partial charge in [0, 0.05) is 47.4 Å². The zero-order valence-corrected chi connectivity index (χ0v) is 32.9. The van der Waals surface area contributed by atoms with Gasteiger partial charge in [0.25, 0.3) is 16.7 Å². The lowest BCUT2D eigenvalue weighted by atomic mass is 10.0. The van der Waals surface area contributed by atoms with Crippen LogP contribution >= 0.6 is 15.9 Å². The number of amides is 1. The molecule has 1 N–H and O–H groups in total. The van der Waals surface area contributed by atoms with Gasteiger partial charge in [0.2, 0.25) is 9.84 Å². The fourth-order valence-electron chi connectivity index (χ4n) is 6.35. The Hall–Kier alpha value is -6.44. The van der Waals surface area contributed by atoms with Crippen LogP contribution in [0.1, 0.15) is 32.6 Å². The Morgan fingerprint density at radius 3 is 2.09 bits per heavy atom. The molecular formula is C44H35BrN4O7S. The minimum absolute atomic E-state index is 0.173. The smallest absolute Gasteiger partial charge is 0.273 e. The van der Waals surface area contributed by atoms with Crippen LogP contribution in [-0.2, 0) is 34.2 Å². The van der Waals surface area contributed by atoms with E-state index in [-0.39, 0.29) is 17.7 Å². The topological polar surface area (TPSA) is 150 Å². The molecule has 0 spiro atoms. The molecule has 13 heteroatoms. The lowest BCUT2D eigenvalue weighted by Gasteiger charge is -2.18. The Labute approximate surface area is 337 Å². The Bertz CT molecular complexity index is 2680. The molecular weight excluding hydrogens is 808 g/mol. The number of fused-ring (bicyclic) bond motifs is 1. The van der Waals surface area contributed by atoms with Crippen molar-refractivity contribution in [1.29, 1.82) is 0 Å². The summed E-state index contributed by atoms with van der Waals surface area (Å²) in [5.41, 5.74) is 6.23. The molecule has 0 saturated carbocycles. The molecule has 0 aliphatic heterocycles. The number of sulfone groups is 1. The van der Waals surface area contributed by atoms with Crippen LogP contribution in [0.3, 0.4) is 0 Å². The number of pyridine rings is 1. The SMILES string of the molecule is Cc1ccc(-c2ccc(Cn3cc(C(=O)N[C@@H](Cc4ccc(OCc5ccc(Br)cc5)cc4)C(=O)S(=O)(=O)c4ccc([N+](=O)[O-])cc4)c4cccnc43)cc2)cc1. The number of hydrogen-bond acceptors (Lipinski definition) is 8. The largest absolute Gasteiger partial charge is 0.489 e. The second-order valence-electron chi connectivity index (χ2n) is 13.5. The monoisotopic (exact) mass is 842 g/mol. The highest BCUT2D eigenvalue weighted by atomic mass is 79.9. The van der Waals surface area contributed by atoms with Gasteiger partial charge in [-0.05, 0) is 83.3 Å². The van der Waals surface area contributed by atoms with Gasteiger partial charge >= 0.3 is 0 Å². The van der Waals surface area contributed by atoms with E-state index in [4.69, 9.17) is 4.74 Å². The van der Waals surface area contributed by atoms with Gasteiger partial charge in [-0.15, -0.1) is 0 Å². The zero-order chi connectivity index (χ0) is 40.1. The number of carbonyl (C=O) groups is 2. The molecule has 11 nitrogen and oxygen atoms in total. The fourth-order valence-corrected chi connectivity index (χ4v) is 7.86. The third-order valence-corrected chi connectivity index (χ3v) is 11.7. The number of hydrogen-bond donors (Lipinski definition) is 1. The molecule has 0 saturated heterocycles. The normalized spacial score (nSPS) is 11.9. The second-order valence-corrected chi connectivity index (χ2v) is 16.3. The lowest BCUT2D eigenvalue weighted by molar-refractivity contribution is -0.384. The van der Waals surface area contributed by atoms with Crippen LogP contribution in [-0.4, -0.2) is 40.0 Å². The van der Waals surface area contributed by atoms with Gasteiger partial charge in [-0.25, -0.2) is 13.4 Å². The fraction of sp³-hybridized carbons (Fsp3) is 0.114. The van der Waals surface area contributed by atoms with E-state index in [0.717, 1.165) is 51.0 Å². The number of nitro benzene ring substituents is 1. The molecule has 0 bridgehead atoms. The van der Waals surface area contributed by atoms with Crippen LogP contribution < -0.4 is 10.1 Å². The van der Waals surface area contributed by atoms with Crippen molar-refractivity contribution in [2.45, 2.75) is 37.4 Å². The van der Waals surface area contributed by atoms with Crippen molar-refractivity contribution in [3.63, 3.8) is 0 Å². The summed E-state index contributed by atoms with van der Waals surface area (Å²) >= 11 is 3.42. The third-order valence-electron chi connectivity index (χ3n) is 9.46. The average Bonchev–Trinajstić information content (AvgIpc) is 3.59. The van der Waals surface area contributed by atoms with E-state index in [1.54, 1.807) is 48.8 Å². The molecule has 2 heterocycles. The Morgan fingerprint density at radius 1 is 0.825 bits per heavy atom. The maximum Gasteiger partial charge on any atom is 0.273 e. The van der Waals surface area contributed by atoms with Gasteiger partial charge < -0.3 is 14.6 Å². The number of carbonyl (C=O) groups excluding carboxylic acids is 2. The molecule has 57 heavy (non-hydrogen) atoms. The molecule has 1 amide bonds. The number of halogens is 1. The highest BCUT2D eigenvalue weighted by Gasteiger charge is 2.35. The Morgan fingerprint density at radius 2 is 1.44 bits per heavy atom. The summed E-state index contributed by atoms with van der Waals surface area (Å²) in [6.07, 6.45) is 3.09. The molecule has 0 fully saturated rings. The molecule has 7 rings (SSSR count). The lowest BCUT2D eigenvalue weighted by Crippen LogP contribution is -2.45. The molecule has 5 aromatic carbocycles. The number of rotatable bonds is 13. The van der Waals surface area contributed by atoms with E-state index >= 15 is 0 Å². The Balaban J connectivity index is 1.15. The number of non-ortho nitro benzene ring substituents is 1. The quantitative estimate of drug-likeness (QED) is 0.0896. The first-order valence-electron chi connectivity index (χ1n) is 17.8. The molecule has 0 unspecified atom stereocenters. The van der Waals surface area contributed by atoms with Gasteiger partial charge in [0.15, 0.2) is 0 Å². The number of nitrogens with zero attached hydrogens (tertiary/aromatic N) is 3. The molecule has 0 radical (unpaired) electrons. The number of nitrogens with one attached hydrogen (secondary N) is 1. The predicted octanol–water partition coefficient (Wildman–Crippen LogP) is 8.65. The van der Waals surface area contributed by atoms with E-state index in [1.165, 1.54) is 5.56 Å². The van der Waals surface area contributed by atoms with E-state index in [0.29, 0.717) is 35.5 Å². The van der Waals surface area contributed by atoms with Gasteiger partial charge in [-0.1, -0.05) is 94.3 Å². The minimum atomic E-state index is -4.70. The average molecular weight is 844 g/mol. The van der Waals surface area contributed by atoms with Crippen molar-refractivity contribution in [2.24, 2.45) is 0 Å².